The Kier molecular flexibility index (Phi) is 3.97. The van der Waals surface area contributed by atoms with Gasteiger partial charge < -0.3 is 10.3 Å². The van der Waals surface area contributed by atoms with Crippen molar-refractivity contribution in [3.63, 3.8) is 0 Å². The molecule has 0 atom stereocenters. The van der Waals surface area contributed by atoms with Gasteiger partial charge in [-0.1, -0.05) is 42.5 Å². The molecule has 0 saturated heterocycles. The molecule has 0 aliphatic rings. The lowest BCUT2D eigenvalue weighted by atomic mass is 10.0. The second kappa shape index (κ2) is 6.23. The molecule has 6 nitrogen and oxygen atoms in total. The van der Waals surface area contributed by atoms with E-state index in [-0.39, 0.29) is 17.9 Å². The van der Waals surface area contributed by atoms with Crippen LogP contribution < -0.4 is 10.9 Å². The molecular formula is C17H13N3O3. The van der Waals surface area contributed by atoms with Gasteiger partial charge in [0.1, 0.15) is 5.56 Å². The Bertz CT molecular complexity index is 942. The second-order valence-electron chi connectivity index (χ2n) is 4.95. The summed E-state index contributed by atoms with van der Waals surface area (Å²) >= 11 is 0. The van der Waals surface area contributed by atoms with E-state index < -0.39 is 11.5 Å². The van der Waals surface area contributed by atoms with Crippen molar-refractivity contribution in [1.82, 2.24) is 15.3 Å². The maximum absolute atomic E-state index is 12.1. The van der Waals surface area contributed by atoms with Crippen LogP contribution in [-0.4, -0.2) is 22.2 Å². The van der Waals surface area contributed by atoms with E-state index in [2.05, 4.69) is 15.3 Å². The van der Waals surface area contributed by atoms with Gasteiger partial charge in [-0.25, -0.2) is 4.98 Å². The minimum atomic E-state index is -0.641. The summed E-state index contributed by atoms with van der Waals surface area (Å²) in [5.74, 6) is -0.648. The van der Waals surface area contributed by atoms with Crippen LogP contribution in [0, 0.1) is 0 Å². The largest absolute Gasteiger partial charge is 0.348 e. The van der Waals surface area contributed by atoms with Gasteiger partial charge >= 0.3 is 0 Å². The van der Waals surface area contributed by atoms with Crippen LogP contribution in [0.2, 0.25) is 0 Å². The van der Waals surface area contributed by atoms with Gasteiger partial charge in [-0.3, -0.25) is 14.4 Å². The van der Waals surface area contributed by atoms with Gasteiger partial charge in [-0.2, -0.15) is 0 Å². The fraction of sp³-hybridized carbons (Fsp3) is 0.0588. The van der Waals surface area contributed by atoms with Crippen LogP contribution in [0.3, 0.4) is 0 Å². The number of carbonyl (C=O) groups excluding carboxylic acids is 2. The van der Waals surface area contributed by atoms with Crippen LogP contribution in [-0.2, 0) is 6.54 Å². The van der Waals surface area contributed by atoms with Crippen molar-refractivity contribution in [2.24, 2.45) is 0 Å². The Labute approximate surface area is 131 Å². The molecular weight excluding hydrogens is 294 g/mol. The highest BCUT2D eigenvalue weighted by Crippen LogP contribution is 2.18. The number of fused-ring (bicyclic) bond motifs is 1. The Morgan fingerprint density at radius 2 is 1.96 bits per heavy atom. The van der Waals surface area contributed by atoms with E-state index in [1.165, 1.54) is 0 Å². The second-order valence-corrected chi connectivity index (χ2v) is 4.95. The van der Waals surface area contributed by atoms with E-state index >= 15 is 0 Å². The zero-order valence-corrected chi connectivity index (χ0v) is 12.1. The number of hydrogen-bond donors (Lipinski definition) is 2. The Morgan fingerprint density at radius 1 is 1.17 bits per heavy atom. The predicted molar refractivity (Wildman–Crippen MR) is 85.4 cm³/mol. The van der Waals surface area contributed by atoms with Crippen LogP contribution in [0.1, 0.15) is 26.5 Å². The number of aromatic amines is 1. The average molecular weight is 307 g/mol. The minimum absolute atomic E-state index is 0.111. The quantitative estimate of drug-likeness (QED) is 0.717. The maximum Gasteiger partial charge on any atom is 0.264 e. The Hall–Kier alpha value is -3.28. The standard InChI is InChI=1S/C17H13N3O3/c21-10-15-18-9-14(17(23)20-15)16(22)19-8-12-6-3-5-11-4-1-2-7-13(11)12/h1-7,9-10H,8H2,(H,19,22)(H,18,20,23). The van der Waals surface area contributed by atoms with Crippen molar-refractivity contribution in [2.75, 3.05) is 0 Å². The van der Waals surface area contributed by atoms with Crippen LogP contribution in [0.5, 0.6) is 0 Å². The van der Waals surface area contributed by atoms with Crippen molar-refractivity contribution in [1.29, 1.82) is 0 Å². The minimum Gasteiger partial charge on any atom is -0.348 e. The molecule has 0 radical (unpaired) electrons. The number of carbonyl (C=O) groups is 2. The van der Waals surface area contributed by atoms with Gasteiger partial charge in [0, 0.05) is 12.7 Å². The molecule has 3 rings (SSSR count). The molecule has 1 amide bonds. The molecule has 6 heteroatoms. The number of aldehydes is 1. The van der Waals surface area contributed by atoms with Gasteiger partial charge in [0.05, 0.1) is 0 Å². The van der Waals surface area contributed by atoms with Crippen LogP contribution in [0.15, 0.2) is 53.5 Å². The highest BCUT2D eigenvalue weighted by molar-refractivity contribution is 5.94. The first-order valence-electron chi connectivity index (χ1n) is 6.98. The zero-order valence-electron chi connectivity index (χ0n) is 12.1. The lowest BCUT2D eigenvalue weighted by molar-refractivity contribution is 0.0948. The molecule has 1 aromatic heterocycles. The molecule has 1 heterocycles. The Morgan fingerprint density at radius 3 is 2.74 bits per heavy atom. The maximum atomic E-state index is 12.1. The number of hydrogen-bond acceptors (Lipinski definition) is 4. The predicted octanol–water partition coefficient (Wildman–Crippen LogP) is 1.67. The molecule has 0 spiro atoms. The van der Waals surface area contributed by atoms with Gasteiger partial charge in [-0.15, -0.1) is 0 Å². The van der Waals surface area contributed by atoms with Gasteiger partial charge in [0.25, 0.3) is 11.5 Å². The lowest BCUT2D eigenvalue weighted by Gasteiger charge is -2.08. The van der Waals surface area contributed by atoms with Gasteiger partial charge in [-0.05, 0) is 16.3 Å². The molecule has 114 valence electrons. The average Bonchev–Trinajstić information content (AvgIpc) is 2.59. The normalized spacial score (nSPS) is 10.4. The molecule has 0 aliphatic heterocycles. The Balaban J connectivity index is 1.81. The van der Waals surface area contributed by atoms with E-state index in [0.717, 1.165) is 22.5 Å². The first kappa shape index (κ1) is 14.6. The third-order valence-electron chi connectivity index (χ3n) is 3.49. The molecule has 3 aromatic rings. The van der Waals surface area contributed by atoms with Crippen LogP contribution in [0.25, 0.3) is 10.8 Å². The molecule has 2 aromatic carbocycles. The fourth-order valence-electron chi connectivity index (χ4n) is 2.35. The zero-order chi connectivity index (χ0) is 16.2. The van der Waals surface area contributed by atoms with Crippen LogP contribution in [0.4, 0.5) is 0 Å². The van der Waals surface area contributed by atoms with Crippen molar-refractivity contribution in [2.45, 2.75) is 6.54 Å². The van der Waals surface area contributed by atoms with E-state index in [1.54, 1.807) is 0 Å². The fourth-order valence-corrected chi connectivity index (χ4v) is 2.35. The van der Waals surface area contributed by atoms with Gasteiger partial charge in [0.2, 0.25) is 0 Å². The molecule has 0 aliphatic carbocycles. The smallest absolute Gasteiger partial charge is 0.264 e. The topological polar surface area (TPSA) is 91.9 Å². The number of rotatable bonds is 4. The van der Waals surface area contributed by atoms with E-state index in [1.807, 2.05) is 42.5 Å². The van der Waals surface area contributed by atoms with Crippen molar-refractivity contribution in [3.05, 3.63) is 76.0 Å². The number of H-pyrrole nitrogens is 1. The summed E-state index contributed by atoms with van der Waals surface area (Å²) in [5.41, 5.74) is 0.179. The monoisotopic (exact) mass is 307 g/mol. The summed E-state index contributed by atoms with van der Waals surface area (Å²) in [6, 6.07) is 13.7. The van der Waals surface area contributed by atoms with E-state index in [9.17, 15) is 14.4 Å². The highest BCUT2D eigenvalue weighted by Gasteiger charge is 2.12. The number of aromatic nitrogens is 2. The SMILES string of the molecule is O=Cc1ncc(C(=O)NCc2cccc3ccccc23)c(=O)[nH]1. The summed E-state index contributed by atoms with van der Waals surface area (Å²) in [7, 11) is 0. The number of amides is 1. The van der Waals surface area contributed by atoms with E-state index in [0.29, 0.717) is 6.29 Å². The molecule has 2 N–H and O–H groups in total. The molecule has 0 bridgehead atoms. The van der Waals surface area contributed by atoms with Crippen molar-refractivity contribution in [3.8, 4) is 0 Å². The van der Waals surface area contributed by atoms with E-state index in [4.69, 9.17) is 0 Å². The molecule has 0 fully saturated rings. The van der Waals surface area contributed by atoms with Crippen molar-refractivity contribution < 1.29 is 9.59 Å². The summed E-state index contributed by atoms with van der Waals surface area (Å²) in [5, 5.41) is 4.82. The number of benzene rings is 2. The molecule has 0 saturated carbocycles. The number of nitrogens with one attached hydrogen (secondary N) is 2. The highest BCUT2D eigenvalue weighted by atomic mass is 16.2. The number of nitrogens with zero attached hydrogens (tertiary/aromatic N) is 1. The summed E-state index contributed by atoms with van der Waals surface area (Å²) in [6.45, 7) is 0.287. The summed E-state index contributed by atoms with van der Waals surface area (Å²) < 4.78 is 0. The first-order chi connectivity index (χ1) is 11.2. The van der Waals surface area contributed by atoms with Gasteiger partial charge in [0.15, 0.2) is 12.1 Å². The van der Waals surface area contributed by atoms with Crippen LogP contribution >= 0.6 is 0 Å². The lowest BCUT2D eigenvalue weighted by Crippen LogP contribution is -2.30. The molecule has 0 unspecified atom stereocenters. The molecule has 23 heavy (non-hydrogen) atoms. The third-order valence-corrected chi connectivity index (χ3v) is 3.49. The summed E-state index contributed by atoms with van der Waals surface area (Å²) in [6.07, 6.45) is 1.51. The third kappa shape index (κ3) is 3.01. The summed E-state index contributed by atoms with van der Waals surface area (Å²) in [4.78, 5) is 40.3. The first-order valence-corrected chi connectivity index (χ1v) is 6.98. The van der Waals surface area contributed by atoms with Crippen molar-refractivity contribution >= 4 is 23.0 Å².